The lowest BCUT2D eigenvalue weighted by molar-refractivity contribution is -0.121. The monoisotopic (exact) mass is 144 g/mol. The minimum absolute atomic E-state index is 0.122. The molecule has 9 heavy (non-hydrogen) atoms. The fraction of sp³-hybridized carbons (Fsp3) is 0.857. The average Bonchev–Trinajstić information content (AvgIpc) is 2.37. The molecule has 0 unspecified atom stereocenters. The van der Waals surface area contributed by atoms with Gasteiger partial charge in [-0.15, -0.1) is 11.6 Å². The quantitative estimate of drug-likeness (QED) is 0.472. The van der Waals surface area contributed by atoms with Crippen LogP contribution in [0.15, 0.2) is 0 Å². The maximum absolute atomic E-state index is 11.0. The lowest BCUT2D eigenvalue weighted by Gasteiger charge is -2.12. The van der Waals surface area contributed by atoms with E-state index in [0.717, 1.165) is 12.8 Å². The second-order valence-corrected chi connectivity index (χ2v) is 3.54. The highest BCUT2D eigenvalue weighted by atomic mass is 35.5. The lowest BCUT2D eigenvalue weighted by Crippen LogP contribution is -2.21. The molecule has 0 aliphatic heterocycles. The van der Waals surface area contributed by atoms with Gasteiger partial charge in [0.2, 0.25) is 0 Å². The topological polar surface area (TPSA) is 17.1 Å². The summed E-state index contributed by atoms with van der Waals surface area (Å²) in [5, 5.41) is -0.122. The SMILES string of the molecule is O=C1[C@H]2CC[C@H](C2)[C@@H]1Cl. The average molecular weight is 145 g/mol. The van der Waals surface area contributed by atoms with Crippen LogP contribution in [0.25, 0.3) is 0 Å². The molecule has 2 heteroatoms. The molecule has 2 saturated carbocycles. The van der Waals surface area contributed by atoms with Gasteiger partial charge < -0.3 is 0 Å². The molecule has 0 spiro atoms. The van der Waals surface area contributed by atoms with Crippen LogP contribution in [0.3, 0.4) is 0 Å². The summed E-state index contributed by atoms with van der Waals surface area (Å²) in [4.78, 5) is 11.0. The first-order valence-electron chi connectivity index (χ1n) is 3.47. The van der Waals surface area contributed by atoms with Gasteiger partial charge in [0.1, 0.15) is 0 Å². The first-order valence-corrected chi connectivity index (χ1v) is 3.90. The molecule has 1 nitrogen and oxygen atoms in total. The van der Waals surface area contributed by atoms with E-state index in [-0.39, 0.29) is 5.38 Å². The summed E-state index contributed by atoms with van der Waals surface area (Å²) < 4.78 is 0. The first-order chi connectivity index (χ1) is 4.29. The number of carbonyl (C=O) groups is 1. The van der Waals surface area contributed by atoms with Gasteiger partial charge in [-0.3, -0.25) is 4.79 Å². The number of hydrogen-bond acceptors (Lipinski definition) is 1. The van der Waals surface area contributed by atoms with Gasteiger partial charge in [-0.2, -0.15) is 0 Å². The van der Waals surface area contributed by atoms with Crippen LogP contribution in [0, 0.1) is 11.8 Å². The zero-order valence-corrected chi connectivity index (χ0v) is 5.90. The maximum Gasteiger partial charge on any atom is 0.154 e. The molecule has 0 heterocycles. The normalized spacial score (nSPS) is 48.6. The van der Waals surface area contributed by atoms with Crippen molar-refractivity contribution in [1.82, 2.24) is 0 Å². The van der Waals surface area contributed by atoms with Crippen molar-refractivity contribution >= 4 is 17.4 Å². The van der Waals surface area contributed by atoms with Crippen molar-refractivity contribution < 1.29 is 4.79 Å². The zero-order chi connectivity index (χ0) is 6.43. The molecule has 0 aromatic heterocycles. The van der Waals surface area contributed by atoms with Gasteiger partial charge in [-0.05, 0) is 25.2 Å². The Morgan fingerprint density at radius 1 is 1.44 bits per heavy atom. The van der Waals surface area contributed by atoms with Gasteiger partial charge in [0.15, 0.2) is 5.78 Å². The third kappa shape index (κ3) is 0.644. The molecule has 2 fully saturated rings. The lowest BCUT2D eigenvalue weighted by atomic mass is 9.99. The second-order valence-electron chi connectivity index (χ2n) is 3.07. The van der Waals surface area contributed by atoms with E-state index in [1.807, 2.05) is 0 Å². The van der Waals surface area contributed by atoms with E-state index in [9.17, 15) is 4.79 Å². The van der Waals surface area contributed by atoms with E-state index in [1.54, 1.807) is 0 Å². The van der Waals surface area contributed by atoms with Crippen molar-refractivity contribution in [2.24, 2.45) is 11.8 Å². The van der Waals surface area contributed by atoms with Crippen LogP contribution in [0.4, 0.5) is 0 Å². The number of ketones is 1. The number of hydrogen-bond donors (Lipinski definition) is 0. The Bertz CT molecular complexity index is 151. The Morgan fingerprint density at radius 3 is 2.56 bits per heavy atom. The van der Waals surface area contributed by atoms with Gasteiger partial charge in [0, 0.05) is 5.92 Å². The summed E-state index contributed by atoms with van der Waals surface area (Å²) in [6, 6.07) is 0. The highest BCUT2D eigenvalue weighted by molar-refractivity contribution is 6.32. The van der Waals surface area contributed by atoms with E-state index in [2.05, 4.69) is 0 Å². The van der Waals surface area contributed by atoms with Crippen molar-refractivity contribution in [1.29, 1.82) is 0 Å². The molecule has 2 bridgehead atoms. The van der Waals surface area contributed by atoms with E-state index < -0.39 is 0 Å². The van der Waals surface area contributed by atoms with Crippen LogP contribution in [0.1, 0.15) is 19.3 Å². The Hall–Kier alpha value is -0.0400. The van der Waals surface area contributed by atoms with Crippen molar-refractivity contribution in [3.05, 3.63) is 0 Å². The smallest absolute Gasteiger partial charge is 0.154 e. The van der Waals surface area contributed by atoms with E-state index in [4.69, 9.17) is 11.6 Å². The van der Waals surface area contributed by atoms with Gasteiger partial charge in [0.25, 0.3) is 0 Å². The molecule has 0 radical (unpaired) electrons. The largest absolute Gasteiger partial charge is 0.298 e. The molecule has 2 aliphatic carbocycles. The summed E-state index contributed by atoms with van der Waals surface area (Å²) in [7, 11) is 0. The summed E-state index contributed by atoms with van der Waals surface area (Å²) in [5.41, 5.74) is 0. The molecular weight excluding hydrogens is 136 g/mol. The predicted molar refractivity (Wildman–Crippen MR) is 35.5 cm³/mol. The van der Waals surface area contributed by atoms with Crippen LogP contribution >= 0.6 is 11.6 Å². The third-order valence-electron chi connectivity index (χ3n) is 2.56. The number of fused-ring (bicyclic) bond motifs is 2. The van der Waals surface area contributed by atoms with Crippen LogP contribution in [-0.2, 0) is 4.79 Å². The number of carbonyl (C=O) groups excluding carboxylic acids is 1. The molecule has 50 valence electrons. The molecule has 0 amide bonds. The van der Waals surface area contributed by atoms with Gasteiger partial charge in [0.05, 0.1) is 5.38 Å². The Kier molecular flexibility index (Phi) is 1.10. The Balaban J connectivity index is 2.25. The van der Waals surface area contributed by atoms with Crippen molar-refractivity contribution in [2.75, 3.05) is 0 Å². The van der Waals surface area contributed by atoms with Crippen LogP contribution in [-0.4, -0.2) is 11.2 Å². The zero-order valence-electron chi connectivity index (χ0n) is 5.14. The molecular formula is C7H9ClO. The fourth-order valence-electron chi connectivity index (χ4n) is 2.00. The molecule has 2 rings (SSSR count). The second kappa shape index (κ2) is 1.72. The summed E-state index contributed by atoms with van der Waals surface area (Å²) >= 11 is 5.81. The highest BCUT2D eigenvalue weighted by Crippen LogP contribution is 2.44. The molecule has 0 aromatic rings. The standard InChI is InChI=1S/C7H9ClO/c8-6-4-1-2-5(3-4)7(6)9/h4-6H,1-3H2/t4-,5+,6+/m1/s1. The first kappa shape index (κ1) is 5.72. The summed E-state index contributed by atoms with van der Waals surface area (Å²) in [6.07, 6.45) is 3.37. The van der Waals surface area contributed by atoms with Crippen LogP contribution in [0.5, 0.6) is 0 Å². The van der Waals surface area contributed by atoms with Crippen molar-refractivity contribution in [3.63, 3.8) is 0 Å². The number of alkyl halides is 1. The fourth-order valence-corrected chi connectivity index (χ4v) is 2.41. The van der Waals surface area contributed by atoms with E-state index in [1.165, 1.54) is 6.42 Å². The number of Topliss-reactive ketones (excluding diaryl/α,β-unsaturated/α-hetero) is 1. The number of halogens is 1. The van der Waals surface area contributed by atoms with Crippen LogP contribution < -0.4 is 0 Å². The molecule has 0 aromatic carbocycles. The van der Waals surface area contributed by atoms with Crippen molar-refractivity contribution in [3.8, 4) is 0 Å². The Labute approximate surface area is 59.4 Å². The van der Waals surface area contributed by atoms with Gasteiger partial charge in [-0.1, -0.05) is 0 Å². The molecule has 2 aliphatic rings. The summed E-state index contributed by atoms with van der Waals surface area (Å²) in [5.74, 6) is 1.19. The molecule has 0 saturated heterocycles. The van der Waals surface area contributed by atoms with Gasteiger partial charge >= 0.3 is 0 Å². The summed E-state index contributed by atoms with van der Waals surface area (Å²) in [6.45, 7) is 0. The van der Waals surface area contributed by atoms with Crippen molar-refractivity contribution in [2.45, 2.75) is 24.6 Å². The Morgan fingerprint density at radius 2 is 2.22 bits per heavy atom. The van der Waals surface area contributed by atoms with E-state index in [0.29, 0.717) is 17.6 Å². The third-order valence-corrected chi connectivity index (χ3v) is 3.13. The number of rotatable bonds is 0. The predicted octanol–water partition coefficient (Wildman–Crippen LogP) is 1.59. The maximum atomic E-state index is 11.0. The minimum atomic E-state index is -0.122. The van der Waals surface area contributed by atoms with Crippen LogP contribution in [0.2, 0.25) is 0 Å². The highest BCUT2D eigenvalue weighted by Gasteiger charge is 2.45. The molecule has 3 atom stereocenters. The van der Waals surface area contributed by atoms with Gasteiger partial charge in [-0.25, -0.2) is 0 Å². The van der Waals surface area contributed by atoms with E-state index >= 15 is 0 Å². The molecule has 0 N–H and O–H groups in total. The minimum Gasteiger partial charge on any atom is -0.298 e.